The van der Waals surface area contributed by atoms with Crippen LogP contribution < -0.4 is 0 Å². The van der Waals surface area contributed by atoms with E-state index >= 15 is 0 Å². The molecular formula is C16H20O. The Bertz CT molecular complexity index is 381. The lowest BCUT2D eigenvalue weighted by Crippen LogP contribution is -1.93. The van der Waals surface area contributed by atoms with Crippen LogP contribution >= 0.6 is 0 Å². The lowest BCUT2D eigenvalue weighted by molar-refractivity contribution is -0.113. The van der Waals surface area contributed by atoms with E-state index in [1.165, 1.54) is 19.3 Å². The Kier molecular flexibility index (Phi) is 6.82. The number of hydrogen-bond donors (Lipinski definition) is 0. The van der Waals surface area contributed by atoms with Crippen LogP contribution in [0.25, 0.3) is 0 Å². The SMILES string of the molecule is CCCCCCCC(=O)C#Cc1ccccc1. The summed E-state index contributed by atoms with van der Waals surface area (Å²) in [4.78, 5) is 11.5. The summed E-state index contributed by atoms with van der Waals surface area (Å²) in [7, 11) is 0. The summed E-state index contributed by atoms with van der Waals surface area (Å²) >= 11 is 0. The van der Waals surface area contributed by atoms with Crippen LogP contribution in [0.5, 0.6) is 0 Å². The Labute approximate surface area is 104 Å². The van der Waals surface area contributed by atoms with Crippen LogP contribution in [0.15, 0.2) is 30.3 Å². The van der Waals surface area contributed by atoms with Crippen molar-refractivity contribution in [1.82, 2.24) is 0 Å². The van der Waals surface area contributed by atoms with Gasteiger partial charge in [-0.1, -0.05) is 56.7 Å². The summed E-state index contributed by atoms with van der Waals surface area (Å²) < 4.78 is 0. The Balaban J connectivity index is 2.24. The summed E-state index contributed by atoms with van der Waals surface area (Å²) in [6.45, 7) is 2.19. The minimum atomic E-state index is 0.0605. The van der Waals surface area contributed by atoms with Crippen LogP contribution in [0.3, 0.4) is 0 Å². The highest BCUT2D eigenvalue weighted by Gasteiger charge is 1.96. The molecule has 0 amide bonds. The summed E-state index contributed by atoms with van der Waals surface area (Å²) in [6.07, 6.45) is 6.46. The molecule has 0 fully saturated rings. The van der Waals surface area contributed by atoms with E-state index in [1.54, 1.807) is 0 Å². The van der Waals surface area contributed by atoms with Crippen molar-refractivity contribution in [3.05, 3.63) is 35.9 Å². The normalized spacial score (nSPS) is 9.47. The zero-order chi connectivity index (χ0) is 12.3. The Morgan fingerprint density at radius 3 is 2.47 bits per heavy atom. The van der Waals surface area contributed by atoms with E-state index in [1.807, 2.05) is 30.3 Å². The van der Waals surface area contributed by atoms with Gasteiger partial charge in [0.1, 0.15) is 0 Å². The van der Waals surface area contributed by atoms with E-state index in [0.29, 0.717) is 6.42 Å². The summed E-state index contributed by atoms with van der Waals surface area (Å²) in [5.74, 6) is 5.66. The minimum Gasteiger partial charge on any atom is -0.285 e. The molecule has 0 saturated heterocycles. The topological polar surface area (TPSA) is 17.1 Å². The molecule has 17 heavy (non-hydrogen) atoms. The molecule has 0 atom stereocenters. The second-order valence-corrected chi connectivity index (χ2v) is 4.20. The maximum absolute atomic E-state index is 11.5. The molecule has 1 nitrogen and oxygen atoms in total. The van der Waals surface area contributed by atoms with Crippen molar-refractivity contribution in [3.8, 4) is 11.8 Å². The van der Waals surface area contributed by atoms with E-state index in [-0.39, 0.29) is 5.78 Å². The monoisotopic (exact) mass is 228 g/mol. The van der Waals surface area contributed by atoms with E-state index < -0.39 is 0 Å². The zero-order valence-corrected chi connectivity index (χ0v) is 10.5. The van der Waals surface area contributed by atoms with E-state index in [9.17, 15) is 4.79 Å². The molecule has 1 aromatic rings. The van der Waals surface area contributed by atoms with Gasteiger partial charge in [-0.15, -0.1) is 0 Å². The fourth-order valence-corrected chi connectivity index (χ4v) is 1.61. The standard InChI is InChI=1S/C16H20O/c1-2-3-4-5-9-12-16(17)14-13-15-10-7-6-8-11-15/h6-8,10-11H,2-5,9,12H2,1H3. The molecule has 0 aliphatic heterocycles. The van der Waals surface area contributed by atoms with E-state index in [4.69, 9.17) is 0 Å². The van der Waals surface area contributed by atoms with Crippen LogP contribution in [0.1, 0.15) is 51.0 Å². The highest BCUT2D eigenvalue weighted by molar-refractivity contribution is 5.95. The number of Topliss-reactive ketones (excluding diaryl/α,β-unsaturated/α-hetero) is 1. The predicted octanol–water partition coefficient (Wildman–Crippen LogP) is 3.97. The number of hydrogen-bond acceptors (Lipinski definition) is 1. The van der Waals surface area contributed by atoms with Gasteiger partial charge >= 0.3 is 0 Å². The molecule has 0 bridgehead atoms. The lowest BCUT2D eigenvalue weighted by atomic mass is 10.1. The van der Waals surface area contributed by atoms with Crippen molar-refractivity contribution in [3.63, 3.8) is 0 Å². The molecule has 0 unspecified atom stereocenters. The molecule has 1 aromatic carbocycles. The van der Waals surface area contributed by atoms with Gasteiger partial charge in [0.25, 0.3) is 0 Å². The second-order valence-electron chi connectivity index (χ2n) is 4.20. The highest BCUT2D eigenvalue weighted by atomic mass is 16.1. The molecule has 1 rings (SSSR count). The third-order valence-corrected chi connectivity index (χ3v) is 2.63. The molecule has 0 radical (unpaired) electrons. The maximum atomic E-state index is 11.5. The molecule has 0 aliphatic carbocycles. The molecule has 0 saturated carbocycles. The average molecular weight is 228 g/mol. The third kappa shape index (κ3) is 6.58. The smallest absolute Gasteiger partial charge is 0.205 e. The second kappa shape index (κ2) is 8.58. The minimum absolute atomic E-state index is 0.0605. The quantitative estimate of drug-likeness (QED) is 0.532. The highest BCUT2D eigenvalue weighted by Crippen LogP contribution is 2.05. The first-order valence-electron chi connectivity index (χ1n) is 6.43. The van der Waals surface area contributed by atoms with Gasteiger partial charge in [0.05, 0.1) is 0 Å². The molecule has 0 N–H and O–H groups in total. The van der Waals surface area contributed by atoms with Crippen molar-refractivity contribution in [2.24, 2.45) is 0 Å². The maximum Gasteiger partial charge on any atom is 0.205 e. The first-order valence-corrected chi connectivity index (χ1v) is 6.43. The number of rotatable bonds is 6. The molecule has 90 valence electrons. The predicted molar refractivity (Wildman–Crippen MR) is 71.7 cm³/mol. The van der Waals surface area contributed by atoms with Gasteiger partial charge in [-0.2, -0.15) is 0 Å². The van der Waals surface area contributed by atoms with Crippen molar-refractivity contribution in [2.75, 3.05) is 0 Å². The summed E-state index contributed by atoms with van der Waals surface area (Å²) in [5.41, 5.74) is 0.909. The number of unbranched alkanes of at least 4 members (excludes halogenated alkanes) is 4. The van der Waals surface area contributed by atoms with E-state index in [2.05, 4.69) is 18.8 Å². The number of benzene rings is 1. The molecule has 0 aliphatic rings. The number of ketones is 1. The van der Waals surface area contributed by atoms with Gasteiger partial charge in [-0.05, 0) is 24.5 Å². The fraction of sp³-hybridized carbons (Fsp3) is 0.438. The van der Waals surface area contributed by atoms with Crippen molar-refractivity contribution in [2.45, 2.75) is 45.4 Å². The van der Waals surface area contributed by atoms with E-state index in [0.717, 1.165) is 18.4 Å². The van der Waals surface area contributed by atoms with Crippen molar-refractivity contribution < 1.29 is 4.79 Å². The van der Waals surface area contributed by atoms with Crippen LogP contribution in [-0.2, 0) is 4.79 Å². The van der Waals surface area contributed by atoms with Gasteiger partial charge in [-0.25, -0.2) is 0 Å². The van der Waals surface area contributed by atoms with Crippen LogP contribution in [0, 0.1) is 11.8 Å². The molecule has 1 heteroatoms. The molecule has 0 spiro atoms. The largest absolute Gasteiger partial charge is 0.285 e. The van der Waals surface area contributed by atoms with Crippen LogP contribution in [-0.4, -0.2) is 5.78 Å². The van der Waals surface area contributed by atoms with Gasteiger partial charge in [0.15, 0.2) is 0 Å². The van der Waals surface area contributed by atoms with Gasteiger partial charge in [0, 0.05) is 12.0 Å². The van der Waals surface area contributed by atoms with Gasteiger partial charge in [-0.3, -0.25) is 4.79 Å². The Morgan fingerprint density at radius 2 is 1.76 bits per heavy atom. The van der Waals surface area contributed by atoms with Gasteiger partial charge < -0.3 is 0 Å². The molecular weight excluding hydrogens is 208 g/mol. The average Bonchev–Trinajstić information content (AvgIpc) is 2.37. The Morgan fingerprint density at radius 1 is 1.06 bits per heavy atom. The first-order chi connectivity index (χ1) is 8.33. The molecule has 0 heterocycles. The Hall–Kier alpha value is -1.55. The third-order valence-electron chi connectivity index (χ3n) is 2.63. The number of carbonyl (C=O) groups is 1. The van der Waals surface area contributed by atoms with Crippen molar-refractivity contribution in [1.29, 1.82) is 0 Å². The lowest BCUT2D eigenvalue weighted by Gasteiger charge is -1.96. The van der Waals surface area contributed by atoms with Gasteiger partial charge in [0.2, 0.25) is 5.78 Å². The zero-order valence-electron chi connectivity index (χ0n) is 10.5. The molecule has 0 aromatic heterocycles. The van der Waals surface area contributed by atoms with Crippen molar-refractivity contribution >= 4 is 5.78 Å². The fourth-order valence-electron chi connectivity index (χ4n) is 1.61. The number of carbonyl (C=O) groups excluding carboxylic acids is 1. The first kappa shape index (κ1) is 13.5. The summed E-state index contributed by atoms with van der Waals surface area (Å²) in [5, 5.41) is 0. The van der Waals surface area contributed by atoms with Crippen LogP contribution in [0.2, 0.25) is 0 Å². The van der Waals surface area contributed by atoms with Crippen LogP contribution in [0.4, 0.5) is 0 Å². The summed E-state index contributed by atoms with van der Waals surface area (Å²) in [6, 6.07) is 9.64.